The number of anilines is 3. The first-order chi connectivity index (χ1) is 26.4. The average Bonchev–Trinajstić information content (AvgIpc) is 3.19. The number of benzene rings is 7. The monoisotopic (exact) mass is 695 g/mol. The molecular formula is C51H42BNO. The standard InChI is InChI=1S/C51H42BNO/c1-6-12-47-36(7-2)27-41-29-40(39-21-20-37-14-9-10-15-38(37)28-39)30-50-51(41)52(47)48-26-25-44(32-49(48)54-50)53(42-22-17-33(3)18-23-42)43-24-19-35(5)46(31-43)45-16-11-8-13-34(45)4/h6-26,28-32H,2,27H2,1,3-5H3/b12-6-. The summed E-state index contributed by atoms with van der Waals surface area (Å²) >= 11 is 0. The van der Waals surface area contributed by atoms with Gasteiger partial charge in [-0.25, -0.2) is 0 Å². The normalized spacial score (nSPS) is 13.1. The van der Waals surface area contributed by atoms with Crippen molar-refractivity contribution in [3.63, 3.8) is 0 Å². The predicted molar refractivity (Wildman–Crippen MR) is 231 cm³/mol. The van der Waals surface area contributed by atoms with Crippen molar-refractivity contribution in [2.24, 2.45) is 0 Å². The summed E-state index contributed by atoms with van der Waals surface area (Å²) in [6.45, 7) is 13.0. The molecule has 0 saturated heterocycles. The SMILES string of the molecule is C=CC1=C(/C=C\C)B2c3ccc(N(c4ccc(C)cc4)c4ccc(C)c(-c5ccccc5C)c4)cc3Oc3cc(-c4ccc5ccccc5c4)cc(c32)C1. The van der Waals surface area contributed by atoms with Crippen LogP contribution in [0.4, 0.5) is 17.1 Å². The van der Waals surface area contributed by atoms with E-state index in [0.717, 1.165) is 40.5 Å². The van der Waals surface area contributed by atoms with Crippen LogP contribution >= 0.6 is 0 Å². The molecule has 0 amide bonds. The Kier molecular flexibility index (Phi) is 8.43. The van der Waals surface area contributed by atoms with Gasteiger partial charge in [0.25, 0.3) is 6.71 Å². The highest BCUT2D eigenvalue weighted by atomic mass is 16.5. The van der Waals surface area contributed by atoms with Gasteiger partial charge in [0.05, 0.1) is 0 Å². The first-order valence-electron chi connectivity index (χ1n) is 18.9. The maximum atomic E-state index is 7.08. The lowest BCUT2D eigenvalue weighted by molar-refractivity contribution is 0.487. The molecule has 0 atom stereocenters. The maximum Gasteiger partial charge on any atom is 0.251 e. The van der Waals surface area contributed by atoms with Crippen molar-refractivity contribution in [3.05, 3.63) is 198 Å². The molecule has 7 aromatic carbocycles. The Bertz CT molecular complexity index is 2680. The zero-order valence-corrected chi connectivity index (χ0v) is 31.4. The molecule has 0 saturated carbocycles. The summed E-state index contributed by atoms with van der Waals surface area (Å²) in [7, 11) is 0. The summed E-state index contributed by atoms with van der Waals surface area (Å²) in [6.07, 6.45) is 7.29. The Morgan fingerprint density at radius 1 is 0.630 bits per heavy atom. The van der Waals surface area contributed by atoms with Crippen LogP contribution in [0.1, 0.15) is 29.2 Å². The van der Waals surface area contributed by atoms with E-state index in [-0.39, 0.29) is 6.71 Å². The summed E-state index contributed by atoms with van der Waals surface area (Å²) in [5.74, 6) is 1.80. The fourth-order valence-corrected chi connectivity index (χ4v) is 8.49. The predicted octanol–water partition coefficient (Wildman–Crippen LogP) is 12.4. The number of hydrogen-bond acceptors (Lipinski definition) is 2. The molecule has 0 fully saturated rings. The largest absolute Gasteiger partial charge is 0.458 e. The lowest BCUT2D eigenvalue weighted by atomic mass is 9.32. The van der Waals surface area contributed by atoms with Crippen LogP contribution in [0.5, 0.6) is 11.5 Å². The number of ether oxygens (including phenoxy) is 1. The van der Waals surface area contributed by atoms with E-state index in [2.05, 4.69) is 191 Å². The van der Waals surface area contributed by atoms with E-state index in [0.29, 0.717) is 0 Å². The Balaban J connectivity index is 1.22. The molecule has 260 valence electrons. The zero-order valence-electron chi connectivity index (χ0n) is 31.4. The molecule has 0 spiro atoms. The fourth-order valence-electron chi connectivity index (χ4n) is 8.49. The topological polar surface area (TPSA) is 12.5 Å². The van der Waals surface area contributed by atoms with Gasteiger partial charge in [0.15, 0.2) is 0 Å². The van der Waals surface area contributed by atoms with Crippen molar-refractivity contribution in [2.45, 2.75) is 34.1 Å². The van der Waals surface area contributed by atoms with Crippen molar-refractivity contribution in [1.82, 2.24) is 0 Å². The summed E-state index contributed by atoms with van der Waals surface area (Å²) in [5.41, 5.74) is 18.1. The van der Waals surface area contributed by atoms with E-state index in [4.69, 9.17) is 4.74 Å². The van der Waals surface area contributed by atoms with E-state index in [1.165, 1.54) is 71.7 Å². The third-order valence-corrected chi connectivity index (χ3v) is 11.2. The van der Waals surface area contributed by atoms with E-state index in [9.17, 15) is 0 Å². The van der Waals surface area contributed by atoms with Gasteiger partial charge in [-0.1, -0.05) is 127 Å². The van der Waals surface area contributed by atoms with Crippen LogP contribution in [-0.4, -0.2) is 6.71 Å². The molecule has 2 aliphatic heterocycles. The Morgan fingerprint density at radius 3 is 2.15 bits per heavy atom. The van der Waals surface area contributed by atoms with Gasteiger partial charge in [-0.15, -0.1) is 0 Å². The Morgan fingerprint density at radius 2 is 1.35 bits per heavy atom. The number of hydrogen-bond donors (Lipinski definition) is 0. The Hall–Kier alpha value is -6.32. The average molecular weight is 696 g/mol. The smallest absolute Gasteiger partial charge is 0.251 e. The molecule has 2 heterocycles. The lowest BCUT2D eigenvalue weighted by Gasteiger charge is -2.35. The number of aryl methyl sites for hydroxylation is 3. The van der Waals surface area contributed by atoms with Crippen molar-refractivity contribution in [1.29, 1.82) is 0 Å². The molecule has 0 unspecified atom stereocenters. The molecule has 0 bridgehead atoms. The lowest BCUT2D eigenvalue weighted by Crippen LogP contribution is -2.51. The summed E-state index contributed by atoms with van der Waals surface area (Å²) in [5, 5.41) is 2.47. The third kappa shape index (κ3) is 5.77. The van der Waals surface area contributed by atoms with Gasteiger partial charge in [0.1, 0.15) is 11.5 Å². The Labute approximate surface area is 319 Å². The van der Waals surface area contributed by atoms with Crippen molar-refractivity contribution >= 4 is 45.5 Å². The van der Waals surface area contributed by atoms with Crippen molar-refractivity contribution in [2.75, 3.05) is 4.90 Å². The van der Waals surface area contributed by atoms with Gasteiger partial charge in [-0.3, -0.25) is 0 Å². The van der Waals surface area contributed by atoms with E-state index >= 15 is 0 Å². The van der Waals surface area contributed by atoms with Gasteiger partial charge in [-0.2, -0.15) is 0 Å². The van der Waals surface area contributed by atoms with Gasteiger partial charge >= 0.3 is 0 Å². The highest BCUT2D eigenvalue weighted by Crippen LogP contribution is 2.42. The molecule has 0 radical (unpaired) electrons. The van der Waals surface area contributed by atoms with Crippen LogP contribution in [0.3, 0.4) is 0 Å². The van der Waals surface area contributed by atoms with Crippen LogP contribution in [0, 0.1) is 20.8 Å². The molecule has 7 aromatic rings. The molecule has 0 aliphatic carbocycles. The number of rotatable bonds is 7. The number of fused-ring (bicyclic) bond motifs is 3. The van der Waals surface area contributed by atoms with E-state index in [1.807, 2.05) is 6.08 Å². The van der Waals surface area contributed by atoms with E-state index < -0.39 is 0 Å². The van der Waals surface area contributed by atoms with Gasteiger partial charge in [0, 0.05) is 23.1 Å². The minimum absolute atomic E-state index is 0.0382. The van der Waals surface area contributed by atoms with Gasteiger partial charge in [-0.05, 0) is 143 Å². The first kappa shape index (κ1) is 33.5. The first-order valence-corrected chi connectivity index (χ1v) is 18.9. The van der Waals surface area contributed by atoms with Crippen LogP contribution in [-0.2, 0) is 6.42 Å². The molecule has 2 nitrogen and oxygen atoms in total. The summed E-state index contributed by atoms with van der Waals surface area (Å²) in [6, 6.07) is 51.0. The molecular weight excluding hydrogens is 653 g/mol. The number of nitrogens with zero attached hydrogens (tertiary/aromatic N) is 1. The van der Waals surface area contributed by atoms with Crippen LogP contribution in [0.2, 0.25) is 0 Å². The van der Waals surface area contributed by atoms with Crippen LogP contribution in [0.15, 0.2) is 175 Å². The van der Waals surface area contributed by atoms with Crippen molar-refractivity contribution < 1.29 is 4.74 Å². The molecule has 0 N–H and O–H groups in total. The number of allylic oxidation sites excluding steroid dienone is 5. The summed E-state index contributed by atoms with van der Waals surface area (Å²) in [4.78, 5) is 2.36. The fraction of sp³-hybridized carbons (Fsp3) is 0.0980. The van der Waals surface area contributed by atoms with Gasteiger partial charge in [0.2, 0.25) is 0 Å². The molecule has 0 aromatic heterocycles. The van der Waals surface area contributed by atoms with Gasteiger partial charge < -0.3 is 9.64 Å². The quantitative estimate of drug-likeness (QED) is 0.154. The van der Waals surface area contributed by atoms with E-state index in [1.54, 1.807) is 0 Å². The second-order valence-electron chi connectivity index (χ2n) is 14.7. The second-order valence-corrected chi connectivity index (χ2v) is 14.7. The molecule has 54 heavy (non-hydrogen) atoms. The maximum absolute atomic E-state index is 7.08. The van der Waals surface area contributed by atoms with Crippen molar-refractivity contribution in [3.8, 4) is 33.8 Å². The molecule has 3 heteroatoms. The molecule has 9 rings (SSSR count). The minimum atomic E-state index is 0.0382. The van der Waals surface area contributed by atoms with Crippen LogP contribution in [0.25, 0.3) is 33.0 Å². The van der Waals surface area contributed by atoms with Crippen LogP contribution < -0.4 is 20.6 Å². The summed E-state index contributed by atoms with van der Waals surface area (Å²) < 4.78 is 7.08. The third-order valence-electron chi connectivity index (χ3n) is 11.2. The molecule has 2 aliphatic rings. The minimum Gasteiger partial charge on any atom is -0.458 e. The zero-order chi connectivity index (χ0) is 36.9. The second kappa shape index (κ2) is 13.6. The highest BCUT2D eigenvalue weighted by Gasteiger charge is 2.39. The highest BCUT2D eigenvalue weighted by molar-refractivity contribution is 6.93.